The standard InChI is InChI=1S/C15H25FN2O/c1-5-18(12(3)10-19-4)15(9-17)13-8-11(2)6-7-14(13)16/h6-8,12,15H,5,9-10,17H2,1-4H3. The highest BCUT2D eigenvalue weighted by Crippen LogP contribution is 2.25. The van der Waals surface area contributed by atoms with E-state index in [1.54, 1.807) is 13.2 Å². The van der Waals surface area contributed by atoms with Crippen LogP contribution < -0.4 is 5.73 Å². The zero-order chi connectivity index (χ0) is 14.4. The van der Waals surface area contributed by atoms with Gasteiger partial charge in [-0.15, -0.1) is 0 Å². The number of halogens is 1. The average molecular weight is 268 g/mol. The molecule has 0 aliphatic carbocycles. The minimum absolute atomic E-state index is 0.116. The number of hydrogen-bond donors (Lipinski definition) is 1. The molecule has 108 valence electrons. The Balaban J connectivity index is 3.06. The summed E-state index contributed by atoms with van der Waals surface area (Å²) in [5.41, 5.74) is 7.61. The highest BCUT2D eigenvalue weighted by atomic mass is 19.1. The number of nitrogens with two attached hydrogens (primary N) is 1. The summed E-state index contributed by atoms with van der Waals surface area (Å²) in [4.78, 5) is 2.18. The predicted molar refractivity (Wildman–Crippen MR) is 76.7 cm³/mol. The van der Waals surface area contributed by atoms with Gasteiger partial charge in [0.15, 0.2) is 0 Å². The number of methoxy groups -OCH3 is 1. The molecule has 0 radical (unpaired) electrons. The van der Waals surface area contributed by atoms with Crippen molar-refractivity contribution in [1.82, 2.24) is 4.90 Å². The molecule has 0 aliphatic rings. The Bertz CT molecular complexity index is 398. The third kappa shape index (κ3) is 4.00. The minimum atomic E-state index is -0.191. The van der Waals surface area contributed by atoms with Crippen LogP contribution in [0.25, 0.3) is 0 Å². The predicted octanol–water partition coefficient (Wildman–Crippen LogP) is 2.49. The molecule has 0 saturated heterocycles. The normalized spacial score (nSPS) is 14.7. The summed E-state index contributed by atoms with van der Waals surface area (Å²) in [6, 6.07) is 5.26. The number of benzene rings is 1. The highest BCUT2D eigenvalue weighted by Gasteiger charge is 2.24. The highest BCUT2D eigenvalue weighted by molar-refractivity contribution is 5.27. The SMILES string of the molecule is CCN(C(C)COC)C(CN)c1cc(C)ccc1F. The number of hydrogen-bond acceptors (Lipinski definition) is 3. The molecule has 0 bridgehead atoms. The molecule has 19 heavy (non-hydrogen) atoms. The maximum Gasteiger partial charge on any atom is 0.128 e. The van der Waals surface area contributed by atoms with Crippen molar-refractivity contribution in [2.45, 2.75) is 32.9 Å². The third-order valence-electron chi connectivity index (χ3n) is 3.47. The second-order valence-corrected chi connectivity index (χ2v) is 4.91. The summed E-state index contributed by atoms with van der Waals surface area (Å²) in [6.07, 6.45) is 0. The summed E-state index contributed by atoms with van der Waals surface area (Å²) in [5, 5.41) is 0. The number of aryl methyl sites for hydroxylation is 1. The Morgan fingerprint density at radius 2 is 2.11 bits per heavy atom. The second kappa shape index (κ2) is 7.58. The molecule has 3 nitrogen and oxygen atoms in total. The van der Waals surface area contributed by atoms with Gasteiger partial charge in [-0.05, 0) is 26.5 Å². The van der Waals surface area contributed by atoms with Crippen molar-refractivity contribution >= 4 is 0 Å². The third-order valence-corrected chi connectivity index (χ3v) is 3.47. The lowest BCUT2D eigenvalue weighted by Crippen LogP contribution is -2.42. The van der Waals surface area contributed by atoms with Gasteiger partial charge in [-0.25, -0.2) is 4.39 Å². The average Bonchev–Trinajstić information content (AvgIpc) is 2.39. The first-order valence-electron chi connectivity index (χ1n) is 6.75. The summed E-state index contributed by atoms with van der Waals surface area (Å²) in [5.74, 6) is -0.191. The van der Waals surface area contributed by atoms with Crippen LogP contribution in [0.4, 0.5) is 4.39 Å². The maximum atomic E-state index is 14.0. The van der Waals surface area contributed by atoms with Crippen molar-refractivity contribution in [3.8, 4) is 0 Å². The largest absolute Gasteiger partial charge is 0.383 e. The summed E-state index contributed by atoms with van der Waals surface area (Å²) in [7, 11) is 1.68. The van der Waals surface area contributed by atoms with Crippen molar-refractivity contribution in [3.63, 3.8) is 0 Å². The van der Waals surface area contributed by atoms with Crippen LogP contribution >= 0.6 is 0 Å². The van der Waals surface area contributed by atoms with Gasteiger partial charge in [-0.1, -0.05) is 24.6 Å². The van der Waals surface area contributed by atoms with E-state index in [0.29, 0.717) is 18.7 Å². The fourth-order valence-corrected chi connectivity index (χ4v) is 2.54. The molecule has 2 N–H and O–H groups in total. The molecule has 0 aromatic heterocycles. The van der Waals surface area contributed by atoms with E-state index in [-0.39, 0.29) is 17.9 Å². The Morgan fingerprint density at radius 3 is 2.63 bits per heavy atom. The Morgan fingerprint density at radius 1 is 1.42 bits per heavy atom. The quantitative estimate of drug-likeness (QED) is 0.825. The van der Waals surface area contributed by atoms with Crippen LogP contribution in [0.15, 0.2) is 18.2 Å². The van der Waals surface area contributed by atoms with Gasteiger partial charge in [-0.2, -0.15) is 0 Å². The van der Waals surface area contributed by atoms with E-state index in [1.165, 1.54) is 6.07 Å². The van der Waals surface area contributed by atoms with Gasteiger partial charge in [0.2, 0.25) is 0 Å². The zero-order valence-electron chi connectivity index (χ0n) is 12.3. The zero-order valence-corrected chi connectivity index (χ0v) is 12.3. The molecule has 2 atom stereocenters. The smallest absolute Gasteiger partial charge is 0.128 e. The number of rotatable bonds is 7. The lowest BCUT2D eigenvalue weighted by molar-refractivity contribution is 0.0740. The molecular weight excluding hydrogens is 243 g/mol. The molecule has 2 unspecified atom stereocenters. The van der Waals surface area contributed by atoms with Crippen LogP contribution in [0.1, 0.15) is 31.0 Å². The van der Waals surface area contributed by atoms with Crippen molar-refractivity contribution < 1.29 is 9.13 Å². The first kappa shape index (κ1) is 16.1. The molecule has 0 fully saturated rings. The van der Waals surface area contributed by atoms with Crippen LogP contribution in [0, 0.1) is 12.7 Å². The van der Waals surface area contributed by atoms with E-state index in [9.17, 15) is 4.39 Å². The summed E-state index contributed by atoms with van der Waals surface area (Å²) >= 11 is 0. The molecule has 0 saturated carbocycles. The summed E-state index contributed by atoms with van der Waals surface area (Å²) in [6.45, 7) is 7.90. The number of nitrogens with zero attached hydrogens (tertiary/aromatic N) is 1. The number of ether oxygens (including phenoxy) is 1. The lowest BCUT2D eigenvalue weighted by Gasteiger charge is -2.35. The molecule has 1 rings (SSSR count). The molecule has 0 aliphatic heterocycles. The monoisotopic (exact) mass is 268 g/mol. The molecule has 0 amide bonds. The van der Waals surface area contributed by atoms with Crippen LogP contribution in [0.3, 0.4) is 0 Å². The fraction of sp³-hybridized carbons (Fsp3) is 0.600. The van der Waals surface area contributed by atoms with E-state index < -0.39 is 0 Å². The topological polar surface area (TPSA) is 38.5 Å². The second-order valence-electron chi connectivity index (χ2n) is 4.91. The van der Waals surface area contributed by atoms with Crippen LogP contribution in [-0.2, 0) is 4.74 Å². The van der Waals surface area contributed by atoms with Crippen molar-refractivity contribution in [1.29, 1.82) is 0 Å². The van der Waals surface area contributed by atoms with E-state index in [4.69, 9.17) is 10.5 Å². The first-order chi connectivity index (χ1) is 9.04. The fourth-order valence-electron chi connectivity index (χ4n) is 2.54. The summed E-state index contributed by atoms with van der Waals surface area (Å²) < 4.78 is 19.2. The van der Waals surface area contributed by atoms with Crippen molar-refractivity contribution in [2.24, 2.45) is 5.73 Å². The minimum Gasteiger partial charge on any atom is -0.383 e. The lowest BCUT2D eigenvalue weighted by atomic mass is 10.0. The van der Waals surface area contributed by atoms with E-state index in [0.717, 1.165) is 12.1 Å². The van der Waals surface area contributed by atoms with Gasteiger partial charge in [-0.3, -0.25) is 4.90 Å². The van der Waals surface area contributed by atoms with Gasteiger partial charge in [0.25, 0.3) is 0 Å². The molecule has 1 aromatic carbocycles. The van der Waals surface area contributed by atoms with Gasteiger partial charge in [0.1, 0.15) is 5.82 Å². The van der Waals surface area contributed by atoms with Gasteiger partial charge in [0.05, 0.1) is 12.6 Å². The molecule has 4 heteroatoms. The Hall–Kier alpha value is -0.970. The molecular formula is C15H25FN2O. The maximum absolute atomic E-state index is 14.0. The van der Waals surface area contributed by atoms with E-state index in [2.05, 4.69) is 18.7 Å². The molecule has 0 heterocycles. The van der Waals surface area contributed by atoms with Gasteiger partial charge in [0, 0.05) is 25.3 Å². The van der Waals surface area contributed by atoms with E-state index >= 15 is 0 Å². The molecule has 0 spiro atoms. The van der Waals surface area contributed by atoms with Crippen LogP contribution in [-0.4, -0.2) is 37.7 Å². The first-order valence-corrected chi connectivity index (χ1v) is 6.75. The molecule has 1 aromatic rings. The Labute approximate surface area is 115 Å². The van der Waals surface area contributed by atoms with Crippen molar-refractivity contribution in [3.05, 3.63) is 35.1 Å². The number of likely N-dealkylation sites (N-methyl/N-ethyl adjacent to an activating group) is 1. The Kier molecular flexibility index (Phi) is 6.42. The van der Waals surface area contributed by atoms with Gasteiger partial charge < -0.3 is 10.5 Å². The van der Waals surface area contributed by atoms with Crippen LogP contribution in [0.5, 0.6) is 0 Å². The van der Waals surface area contributed by atoms with Crippen LogP contribution in [0.2, 0.25) is 0 Å². The van der Waals surface area contributed by atoms with E-state index in [1.807, 2.05) is 13.0 Å². The van der Waals surface area contributed by atoms with Crippen molar-refractivity contribution in [2.75, 3.05) is 26.8 Å². The van der Waals surface area contributed by atoms with Gasteiger partial charge >= 0.3 is 0 Å².